The van der Waals surface area contributed by atoms with Crippen LogP contribution in [-0.2, 0) is 11.8 Å². The third kappa shape index (κ3) is 4.06. The van der Waals surface area contributed by atoms with Crippen LogP contribution in [0.25, 0.3) is 0 Å². The number of unbranched alkanes of at least 4 members (excludes halogenated alkanes) is 1. The fourth-order valence-electron chi connectivity index (χ4n) is 1.81. The molecule has 0 aliphatic carbocycles. The first kappa shape index (κ1) is 16.5. The molecular weight excluding hydrogens is 302 g/mol. The first-order chi connectivity index (χ1) is 11.0. The van der Waals surface area contributed by atoms with Crippen LogP contribution in [0.2, 0.25) is 0 Å². The normalized spacial score (nSPS) is 10.3. The topological polar surface area (TPSA) is 96.5 Å². The lowest BCUT2D eigenvalue weighted by Crippen LogP contribution is -2.06. The number of hydrogen-bond donors (Lipinski definition) is 0. The molecule has 2 rings (SSSR count). The van der Waals surface area contributed by atoms with E-state index in [2.05, 4.69) is 4.98 Å². The third-order valence-corrected chi connectivity index (χ3v) is 3.07. The first-order valence-corrected chi connectivity index (χ1v) is 7.13. The van der Waals surface area contributed by atoms with E-state index in [4.69, 9.17) is 9.47 Å². The molecule has 8 nitrogen and oxygen atoms in total. The molecule has 2 aromatic rings. The van der Waals surface area contributed by atoms with Gasteiger partial charge in [-0.3, -0.25) is 4.57 Å². The van der Waals surface area contributed by atoms with E-state index in [1.165, 1.54) is 10.9 Å². The molecule has 0 bridgehead atoms. The number of imidazole rings is 1. The van der Waals surface area contributed by atoms with Gasteiger partial charge in [-0.2, -0.15) is 0 Å². The van der Waals surface area contributed by atoms with E-state index < -0.39 is 10.9 Å². The Balaban J connectivity index is 2.07. The molecule has 0 radical (unpaired) electrons. The summed E-state index contributed by atoms with van der Waals surface area (Å²) in [7, 11) is 1.59. The van der Waals surface area contributed by atoms with Crippen LogP contribution in [0, 0.1) is 10.1 Å². The average Bonchev–Trinajstić information content (AvgIpc) is 2.89. The molecular formula is C15H17N3O5. The second kappa shape index (κ2) is 7.39. The van der Waals surface area contributed by atoms with Crippen molar-refractivity contribution in [3.05, 3.63) is 46.3 Å². The Morgan fingerprint density at radius 1 is 1.35 bits per heavy atom. The number of nitro groups is 1. The Labute approximate surface area is 132 Å². The summed E-state index contributed by atoms with van der Waals surface area (Å²) < 4.78 is 12.0. The van der Waals surface area contributed by atoms with Crippen molar-refractivity contribution < 1.29 is 19.2 Å². The molecule has 1 aromatic carbocycles. The van der Waals surface area contributed by atoms with Crippen LogP contribution in [0.1, 0.15) is 30.1 Å². The number of benzene rings is 1. The van der Waals surface area contributed by atoms with E-state index in [0.717, 1.165) is 12.8 Å². The molecule has 122 valence electrons. The van der Waals surface area contributed by atoms with Crippen molar-refractivity contribution in [2.75, 3.05) is 6.61 Å². The average molecular weight is 319 g/mol. The summed E-state index contributed by atoms with van der Waals surface area (Å²) in [5.74, 6) is -0.387. The molecule has 0 aliphatic heterocycles. The van der Waals surface area contributed by atoms with Crippen LogP contribution in [-0.4, -0.2) is 27.1 Å². The minimum atomic E-state index is -0.616. The van der Waals surface area contributed by atoms with Crippen molar-refractivity contribution in [1.29, 1.82) is 0 Å². The van der Waals surface area contributed by atoms with Crippen LogP contribution in [0.5, 0.6) is 11.6 Å². The van der Waals surface area contributed by atoms with Gasteiger partial charge < -0.3 is 19.6 Å². The fraction of sp³-hybridized carbons (Fsp3) is 0.333. The molecule has 0 amide bonds. The minimum absolute atomic E-state index is 0.0215. The van der Waals surface area contributed by atoms with E-state index in [1.807, 2.05) is 6.92 Å². The SMILES string of the molecule is CCCCOC(=O)c1ccc(Oc2c([N+](=O)[O-])ncn2C)cc1. The van der Waals surface area contributed by atoms with Crippen LogP contribution in [0.3, 0.4) is 0 Å². The molecule has 0 aliphatic rings. The maximum Gasteiger partial charge on any atom is 0.427 e. The summed E-state index contributed by atoms with van der Waals surface area (Å²) >= 11 is 0. The van der Waals surface area contributed by atoms with Gasteiger partial charge in [-0.15, -0.1) is 0 Å². The predicted molar refractivity (Wildman–Crippen MR) is 81.6 cm³/mol. The van der Waals surface area contributed by atoms with Crippen LogP contribution in [0.4, 0.5) is 5.82 Å². The molecule has 0 saturated carbocycles. The number of hydrogen-bond acceptors (Lipinski definition) is 6. The Morgan fingerprint density at radius 3 is 2.65 bits per heavy atom. The predicted octanol–water partition coefficient (Wildman–Crippen LogP) is 3.08. The number of ether oxygens (including phenoxy) is 2. The summed E-state index contributed by atoms with van der Waals surface area (Å²) in [6.45, 7) is 2.40. The van der Waals surface area contributed by atoms with E-state index in [9.17, 15) is 14.9 Å². The van der Waals surface area contributed by atoms with Crippen molar-refractivity contribution in [3.63, 3.8) is 0 Å². The molecule has 1 heterocycles. The number of esters is 1. The van der Waals surface area contributed by atoms with Gasteiger partial charge >= 0.3 is 17.7 Å². The Bertz CT molecular complexity index is 694. The Morgan fingerprint density at radius 2 is 2.04 bits per heavy atom. The zero-order valence-electron chi connectivity index (χ0n) is 12.9. The van der Waals surface area contributed by atoms with Crippen molar-refractivity contribution in [1.82, 2.24) is 9.55 Å². The van der Waals surface area contributed by atoms with Crippen molar-refractivity contribution in [3.8, 4) is 11.6 Å². The van der Waals surface area contributed by atoms with E-state index >= 15 is 0 Å². The first-order valence-electron chi connectivity index (χ1n) is 7.13. The summed E-state index contributed by atoms with van der Waals surface area (Å²) in [6.07, 6.45) is 3.06. The number of rotatable bonds is 7. The van der Waals surface area contributed by atoms with Gasteiger partial charge in [0.1, 0.15) is 5.75 Å². The van der Waals surface area contributed by atoms with E-state index in [0.29, 0.717) is 17.9 Å². The summed E-state index contributed by atoms with van der Waals surface area (Å²) in [5.41, 5.74) is 0.396. The maximum absolute atomic E-state index is 11.8. The van der Waals surface area contributed by atoms with Crippen molar-refractivity contribution in [2.45, 2.75) is 19.8 Å². The van der Waals surface area contributed by atoms with Gasteiger partial charge in [0.15, 0.2) is 0 Å². The number of carbonyl (C=O) groups is 1. The zero-order chi connectivity index (χ0) is 16.8. The highest BCUT2D eigenvalue weighted by Crippen LogP contribution is 2.29. The highest BCUT2D eigenvalue weighted by atomic mass is 16.6. The number of carbonyl (C=O) groups excluding carboxylic acids is 1. The monoisotopic (exact) mass is 319 g/mol. The molecule has 1 aromatic heterocycles. The van der Waals surface area contributed by atoms with Crippen molar-refractivity contribution >= 4 is 11.8 Å². The third-order valence-electron chi connectivity index (χ3n) is 3.07. The molecule has 0 atom stereocenters. The second-order valence-electron chi connectivity index (χ2n) is 4.86. The lowest BCUT2D eigenvalue weighted by Gasteiger charge is -2.07. The van der Waals surface area contributed by atoms with Crippen LogP contribution in [0.15, 0.2) is 30.6 Å². The molecule has 0 fully saturated rings. The summed E-state index contributed by atoms with van der Waals surface area (Å²) in [4.78, 5) is 25.7. The van der Waals surface area contributed by atoms with E-state index in [-0.39, 0.29) is 11.7 Å². The largest absolute Gasteiger partial charge is 0.462 e. The number of aryl methyl sites for hydroxylation is 1. The molecule has 23 heavy (non-hydrogen) atoms. The van der Waals surface area contributed by atoms with Gasteiger partial charge in [-0.25, -0.2) is 4.79 Å². The molecule has 0 spiro atoms. The summed E-state index contributed by atoms with van der Waals surface area (Å²) in [5, 5.41) is 10.9. The lowest BCUT2D eigenvalue weighted by atomic mass is 10.2. The van der Waals surface area contributed by atoms with Gasteiger partial charge in [-0.05, 0) is 40.6 Å². The lowest BCUT2D eigenvalue weighted by molar-refractivity contribution is -0.390. The highest BCUT2D eigenvalue weighted by molar-refractivity contribution is 5.89. The minimum Gasteiger partial charge on any atom is -0.462 e. The Hall–Kier alpha value is -2.90. The zero-order valence-corrected chi connectivity index (χ0v) is 12.9. The Kier molecular flexibility index (Phi) is 5.29. The summed E-state index contributed by atoms with van der Waals surface area (Å²) in [6, 6.07) is 6.19. The fourth-order valence-corrected chi connectivity index (χ4v) is 1.81. The molecule has 0 N–H and O–H groups in total. The van der Waals surface area contributed by atoms with Gasteiger partial charge in [0.2, 0.25) is 6.33 Å². The van der Waals surface area contributed by atoms with Gasteiger partial charge in [0.25, 0.3) is 0 Å². The number of nitrogens with zero attached hydrogens (tertiary/aromatic N) is 3. The smallest absolute Gasteiger partial charge is 0.427 e. The van der Waals surface area contributed by atoms with Crippen LogP contribution >= 0.6 is 0 Å². The van der Waals surface area contributed by atoms with Crippen molar-refractivity contribution in [2.24, 2.45) is 7.05 Å². The van der Waals surface area contributed by atoms with Gasteiger partial charge in [0, 0.05) is 7.05 Å². The van der Waals surface area contributed by atoms with Crippen LogP contribution < -0.4 is 4.74 Å². The standard InChI is InChI=1S/C15H17N3O5/c1-3-4-9-22-15(19)11-5-7-12(8-6-11)23-14-13(18(20)21)16-10-17(14)2/h5-8,10H,3-4,9H2,1-2H3. The van der Waals surface area contributed by atoms with E-state index in [1.54, 1.807) is 31.3 Å². The number of aromatic nitrogens is 2. The maximum atomic E-state index is 11.8. The van der Waals surface area contributed by atoms with Gasteiger partial charge in [0.05, 0.1) is 12.2 Å². The molecule has 0 saturated heterocycles. The highest BCUT2D eigenvalue weighted by Gasteiger charge is 2.22. The quantitative estimate of drug-likeness (QED) is 0.337. The second-order valence-corrected chi connectivity index (χ2v) is 4.86. The van der Waals surface area contributed by atoms with Gasteiger partial charge in [-0.1, -0.05) is 13.3 Å². The molecule has 8 heteroatoms. The molecule has 0 unspecified atom stereocenters.